The molecule has 80 valence electrons. The summed E-state index contributed by atoms with van der Waals surface area (Å²) in [6.45, 7) is 0. The third-order valence-electron chi connectivity index (χ3n) is 3.64. The first-order valence-corrected chi connectivity index (χ1v) is 6.38. The Labute approximate surface area is 98.2 Å². The van der Waals surface area contributed by atoms with Crippen LogP contribution in [-0.2, 0) is 0 Å². The Morgan fingerprint density at radius 1 is 1.27 bits per heavy atom. The fraction of sp³-hybridized carbons (Fsp3) is 0.583. The van der Waals surface area contributed by atoms with Crippen molar-refractivity contribution in [1.82, 2.24) is 4.98 Å². The van der Waals surface area contributed by atoms with Crippen LogP contribution in [0.1, 0.15) is 25.7 Å². The number of aromatic nitrogens is 1. The van der Waals surface area contributed by atoms with E-state index in [0.717, 1.165) is 22.1 Å². The van der Waals surface area contributed by atoms with Crippen molar-refractivity contribution in [3.63, 3.8) is 0 Å². The van der Waals surface area contributed by atoms with Crippen LogP contribution in [0.2, 0.25) is 0 Å². The van der Waals surface area contributed by atoms with E-state index < -0.39 is 0 Å². The van der Waals surface area contributed by atoms with Crippen LogP contribution in [0.5, 0.6) is 5.75 Å². The lowest BCUT2D eigenvalue weighted by molar-refractivity contribution is 0.138. The van der Waals surface area contributed by atoms with Gasteiger partial charge in [-0.3, -0.25) is 4.98 Å². The maximum atomic E-state index is 6.00. The first-order valence-electron chi connectivity index (χ1n) is 5.58. The van der Waals surface area contributed by atoms with Crippen molar-refractivity contribution in [1.29, 1.82) is 0 Å². The molecule has 0 amide bonds. The van der Waals surface area contributed by atoms with E-state index >= 15 is 0 Å². The monoisotopic (exact) mass is 267 g/mol. The summed E-state index contributed by atoms with van der Waals surface area (Å²) in [5.41, 5.74) is 0. The second-order valence-corrected chi connectivity index (χ2v) is 5.59. The summed E-state index contributed by atoms with van der Waals surface area (Å²) in [6, 6.07) is 2.00. The predicted octanol–water partition coefficient (Wildman–Crippen LogP) is 3.41. The molecule has 3 heteroatoms. The number of rotatable bonds is 2. The topological polar surface area (TPSA) is 22.1 Å². The van der Waals surface area contributed by atoms with E-state index in [2.05, 4.69) is 20.9 Å². The SMILES string of the molecule is Brc1cncc(OC2CC3CCC2C3)c1. The number of hydrogen-bond donors (Lipinski definition) is 0. The highest BCUT2D eigenvalue weighted by atomic mass is 79.9. The molecule has 3 atom stereocenters. The molecule has 2 aliphatic carbocycles. The van der Waals surface area contributed by atoms with Gasteiger partial charge in [0.05, 0.1) is 6.20 Å². The van der Waals surface area contributed by atoms with Gasteiger partial charge in [-0.2, -0.15) is 0 Å². The molecular formula is C12H14BrNO. The third kappa shape index (κ3) is 1.89. The lowest BCUT2D eigenvalue weighted by atomic mass is 9.98. The first kappa shape index (κ1) is 9.64. The van der Waals surface area contributed by atoms with Crippen LogP contribution in [0.25, 0.3) is 0 Å². The van der Waals surface area contributed by atoms with Crippen LogP contribution in [0.15, 0.2) is 22.9 Å². The maximum Gasteiger partial charge on any atom is 0.139 e. The van der Waals surface area contributed by atoms with Crippen LogP contribution in [0.3, 0.4) is 0 Å². The molecule has 0 saturated heterocycles. The van der Waals surface area contributed by atoms with Crippen LogP contribution in [-0.4, -0.2) is 11.1 Å². The zero-order valence-electron chi connectivity index (χ0n) is 8.53. The van der Waals surface area contributed by atoms with E-state index in [4.69, 9.17) is 4.74 Å². The summed E-state index contributed by atoms with van der Waals surface area (Å²) < 4.78 is 6.99. The van der Waals surface area contributed by atoms with Gasteiger partial charge in [0.1, 0.15) is 11.9 Å². The molecule has 15 heavy (non-hydrogen) atoms. The molecule has 2 saturated carbocycles. The molecule has 2 aliphatic rings. The fourth-order valence-corrected chi connectivity index (χ4v) is 3.31. The molecule has 2 nitrogen and oxygen atoms in total. The van der Waals surface area contributed by atoms with Crippen molar-refractivity contribution in [2.45, 2.75) is 31.8 Å². The van der Waals surface area contributed by atoms with Crippen molar-refractivity contribution in [2.24, 2.45) is 11.8 Å². The van der Waals surface area contributed by atoms with Crippen molar-refractivity contribution < 1.29 is 4.74 Å². The van der Waals surface area contributed by atoms with E-state index in [1.807, 2.05) is 6.07 Å². The molecule has 0 spiro atoms. The van der Waals surface area contributed by atoms with Gasteiger partial charge in [-0.15, -0.1) is 0 Å². The van der Waals surface area contributed by atoms with Crippen molar-refractivity contribution in [3.8, 4) is 5.75 Å². The summed E-state index contributed by atoms with van der Waals surface area (Å²) in [5.74, 6) is 2.64. The van der Waals surface area contributed by atoms with Gasteiger partial charge >= 0.3 is 0 Å². The molecule has 3 rings (SSSR count). The Morgan fingerprint density at radius 3 is 2.87 bits per heavy atom. The van der Waals surface area contributed by atoms with Crippen molar-refractivity contribution in [2.75, 3.05) is 0 Å². The van der Waals surface area contributed by atoms with E-state index in [1.165, 1.54) is 25.7 Å². The van der Waals surface area contributed by atoms with Crippen LogP contribution >= 0.6 is 15.9 Å². The molecular weight excluding hydrogens is 254 g/mol. The Hall–Kier alpha value is -0.570. The third-order valence-corrected chi connectivity index (χ3v) is 4.07. The highest BCUT2D eigenvalue weighted by Crippen LogP contribution is 2.45. The molecule has 3 unspecified atom stereocenters. The standard InChI is InChI=1S/C12H14BrNO/c13-10-5-11(7-14-6-10)15-12-4-8-1-2-9(12)3-8/h5-9,12H,1-4H2. The summed E-state index contributed by atoms with van der Waals surface area (Å²) in [4.78, 5) is 4.12. The van der Waals surface area contributed by atoms with Gasteiger partial charge in [-0.25, -0.2) is 0 Å². The van der Waals surface area contributed by atoms with Crippen LogP contribution in [0.4, 0.5) is 0 Å². The van der Waals surface area contributed by atoms with Gasteiger partial charge < -0.3 is 4.74 Å². The molecule has 1 aromatic heterocycles. The number of ether oxygens (including phenoxy) is 1. The van der Waals surface area contributed by atoms with Gasteiger partial charge in [0, 0.05) is 10.7 Å². The normalized spacial score (nSPS) is 33.3. The van der Waals surface area contributed by atoms with Crippen LogP contribution in [0, 0.1) is 11.8 Å². The minimum Gasteiger partial charge on any atom is -0.488 e. The number of halogens is 1. The van der Waals surface area contributed by atoms with Crippen molar-refractivity contribution >= 4 is 15.9 Å². The van der Waals surface area contributed by atoms with E-state index in [9.17, 15) is 0 Å². The van der Waals surface area contributed by atoms with E-state index in [0.29, 0.717) is 6.10 Å². The summed E-state index contributed by atoms with van der Waals surface area (Å²) in [6.07, 6.45) is 9.44. The Kier molecular flexibility index (Phi) is 2.43. The molecule has 1 aromatic rings. The largest absolute Gasteiger partial charge is 0.488 e. The average molecular weight is 268 g/mol. The summed E-state index contributed by atoms with van der Waals surface area (Å²) in [5, 5.41) is 0. The highest BCUT2D eigenvalue weighted by Gasteiger charge is 2.40. The van der Waals surface area contributed by atoms with Gasteiger partial charge in [0.2, 0.25) is 0 Å². The molecule has 2 bridgehead atoms. The molecule has 2 fully saturated rings. The van der Waals surface area contributed by atoms with E-state index in [1.54, 1.807) is 12.4 Å². The van der Waals surface area contributed by atoms with Gasteiger partial charge in [-0.05, 0) is 59.5 Å². The molecule has 0 N–H and O–H groups in total. The van der Waals surface area contributed by atoms with Crippen molar-refractivity contribution in [3.05, 3.63) is 22.9 Å². The fourth-order valence-electron chi connectivity index (χ4n) is 2.96. The predicted molar refractivity (Wildman–Crippen MR) is 61.8 cm³/mol. The second kappa shape index (κ2) is 3.78. The maximum absolute atomic E-state index is 6.00. The highest BCUT2D eigenvalue weighted by molar-refractivity contribution is 9.10. The number of pyridine rings is 1. The molecule has 0 aromatic carbocycles. The van der Waals surface area contributed by atoms with Gasteiger partial charge in [0.25, 0.3) is 0 Å². The zero-order chi connectivity index (χ0) is 10.3. The Morgan fingerprint density at radius 2 is 2.20 bits per heavy atom. The van der Waals surface area contributed by atoms with Gasteiger partial charge in [0.15, 0.2) is 0 Å². The lowest BCUT2D eigenvalue weighted by Crippen LogP contribution is -2.23. The number of hydrogen-bond acceptors (Lipinski definition) is 2. The summed E-state index contributed by atoms with van der Waals surface area (Å²) in [7, 11) is 0. The number of fused-ring (bicyclic) bond motifs is 2. The molecule has 0 aliphatic heterocycles. The smallest absolute Gasteiger partial charge is 0.139 e. The average Bonchev–Trinajstić information content (AvgIpc) is 2.79. The molecule has 0 radical (unpaired) electrons. The summed E-state index contributed by atoms with van der Waals surface area (Å²) >= 11 is 3.41. The first-order chi connectivity index (χ1) is 7.31. The van der Waals surface area contributed by atoms with Crippen LogP contribution < -0.4 is 4.74 Å². The lowest BCUT2D eigenvalue weighted by Gasteiger charge is -2.22. The minimum atomic E-state index is 0.444. The number of nitrogens with zero attached hydrogens (tertiary/aromatic N) is 1. The quantitative estimate of drug-likeness (QED) is 0.820. The molecule has 1 heterocycles. The second-order valence-electron chi connectivity index (χ2n) is 4.67. The minimum absolute atomic E-state index is 0.444. The zero-order valence-corrected chi connectivity index (χ0v) is 10.1. The Balaban J connectivity index is 1.71. The van der Waals surface area contributed by atoms with E-state index in [-0.39, 0.29) is 0 Å². The Bertz CT molecular complexity index is 368. The van der Waals surface area contributed by atoms with Gasteiger partial charge in [-0.1, -0.05) is 0 Å².